The van der Waals surface area contributed by atoms with Gasteiger partial charge in [-0.3, -0.25) is 25.0 Å². The number of hydrazine groups is 1. The Bertz CT molecular complexity index is 1220. The topological polar surface area (TPSA) is 79.3 Å². The number of nitrogens with one attached hydrogen (secondary N) is 2. The summed E-state index contributed by atoms with van der Waals surface area (Å²) in [6.07, 6.45) is 6.05. The van der Waals surface area contributed by atoms with E-state index in [0.29, 0.717) is 18.1 Å². The third-order valence-corrected chi connectivity index (χ3v) is 6.30. The first-order chi connectivity index (χ1) is 16.4. The Morgan fingerprint density at radius 1 is 1.12 bits per heavy atom. The van der Waals surface area contributed by atoms with Gasteiger partial charge >= 0.3 is 0 Å². The maximum Gasteiger partial charge on any atom is 0.261 e. The summed E-state index contributed by atoms with van der Waals surface area (Å²) in [6.45, 7) is 0.458. The molecule has 1 saturated heterocycles. The van der Waals surface area contributed by atoms with Crippen LogP contribution in [0.1, 0.15) is 43.7 Å². The van der Waals surface area contributed by atoms with Gasteiger partial charge in [0.1, 0.15) is 18.2 Å². The molecule has 0 radical (unpaired) electrons. The van der Waals surface area contributed by atoms with Gasteiger partial charge in [0, 0.05) is 25.7 Å². The van der Waals surface area contributed by atoms with Crippen molar-refractivity contribution in [2.75, 3.05) is 13.6 Å². The maximum atomic E-state index is 13.5. The molecule has 2 N–H and O–H groups in total. The van der Waals surface area contributed by atoms with Crippen LogP contribution in [-0.2, 0) is 11.3 Å². The molecule has 180 valence electrons. The van der Waals surface area contributed by atoms with E-state index in [2.05, 4.69) is 15.8 Å². The molecule has 4 rings (SSSR count). The Kier molecular flexibility index (Phi) is 7.64. The minimum Gasteiger partial charge on any atom is -0.344 e. The number of rotatable bonds is 9. The predicted molar refractivity (Wildman–Crippen MR) is 126 cm³/mol. The zero-order valence-electron chi connectivity index (χ0n) is 19.1. The van der Waals surface area contributed by atoms with Crippen LogP contribution in [-0.4, -0.2) is 40.0 Å². The first-order valence-electron chi connectivity index (χ1n) is 11.6. The van der Waals surface area contributed by atoms with E-state index in [9.17, 15) is 18.4 Å². The fraction of sp³-hybridized carbons (Fsp3) is 0.400. The van der Waals surface area contributed by atoms with Crippen LogP contribution in [0.5, 0.6) is 0 Å². The molecular formula is C25H29F2N5O2. The molecule has 7 nitrogen and oxygen atoms in total. The van der Waals surface area contributed by atoms with E-state index < -0.39 is 11.4 Å². The third-order valence-electron chi connectivity index (χ3n) is 6.30. The molecule has 0 aliphatic carbocycles. The molecule has 2 unspecified atom stereocenters. The lowest BCUT2D eigenvalue weighted by atomic mass is 9.99. The van der Waals surface area contributed by atoms with Crippen LogP contribution >= 0.6 is 0 Å². The smallest absolute Gasteiger partial charge is 0.261 e. The number of aromatic nitrogens is 2. The molecule has 2 atom stereocenters. The molecule has 0 spiro atoms. The molecule has 34 heavy (non-hydrogen) atoms. The highest BCUT2D eigenvalue weighted by Crippen LogP contribution is 2.25. The summed E-state index contributed by atoms with van der Waals surface area (Å²) in [5.74, 6) is -0.933. The van der Waals surface area contributed by atoms with Crippen molar-refractivity contribution in [2.24, 2.45) is 0 Å². The van der Waals surface area contributed by atoms with E-state index in [0.717, 1.165) is 43.7 Å². The van der Waals surface area contributed by atoms with Crippen LogP contribution in [0.3, 0.4) is 0 Å². The fourth-order valence-corrected chi connectivity index (χ4v) is 4.31. The van der Waals surface area contributed by atoms with Gasteiger partial charge < -0.3 is 4.90 Å². The van der Waals surface area contributed by atoms with E-state index in [1.165, 1.54) is 29.1 Å². The van der Waals surface area contributed by atoms with Gasteiger partial charge in [0.25, 0.3) is 5.56 Å². The van der Waals surface area contributed by atoms with Gasteiger partial charge in [0.15, 0.2) is 0 Å². The summed E-state index contributed by atoms with van der Waals surface area (Å²) < 4.78 is 28.1. The number of benzene rings is 2. The maximum absolute atomic E-state index is 13.5. The molecule has 1 aromatic heterocycles. The zero-order chi connectivity index (χ0) is 24.1. The monoisotopic (exact) mass is 469 g/mol. The van der Waals surface area contributed by atoms with Gasteiger partial charge in [-0.15, -0.1) is 0 Å². The van der Waals surface area contributed by atoms with Crippen LogP contribution in [0.2, 0.25) is 0 Å². The Morgan fingerprint density at radius 3 is 2.76 bits per heavy atom. The molecule has 3 aromatic rings. The molecule has 2 aromatic carbocycles. The third kappa shape index (κ3) is 5.84. The van der Waals surface area contributed by atoms with E-state index in [1.54, 1.807) is 24.1 Å². The van der Waals surface area contributed by atoms with Crippen molar-refractivity contribution in [1.82, 2.24) is 25.3 Å². The predicted octanol–water partition coefficient (Wildman–Crippen LogP) is 3.30. The molecule has 2 heterocycles. The zero-order valence-corrected chi connectivity index (χ0v) is 19.1. The van der Waals surface area contributed by atoms with Crippen molar-refractivity contribution >= 4 is 16.8 Å². The number of hydrogen-bond donors (Lipinski definition) is 2. The SMILES string of the molecule is CN(CCCCCC1CC(c2cccc(F)c2)NN1)C(=O)Cn1cnc2ccc(F)cc2c1=O. The van der Waals surface area contributed by atoms with Gasteiger partial charge in [0.2, 0.25) is 5.91 Å². The summed E-state index contributed by atoms with van der Waals surface area (Å²) in [5.41, 5.74) is 7.45. The van der Waals surface area contributed by atoms with Gasteiger partial charge in [-0.25, -0.2) is 13.8 Å². The number of nitrogens with zero attached hydrogens (tertiary/aromatic N) is 3. The highest BCUT2D eigenvalue weighted by Gasteiger charge is 2.24. The lowest BCUT2D eigenvalue weighted by molar-refractivity contribution is -0.130. The van der Waals surface area contributed by atoms with E-state index in [1.807, 2.05) is 6.07 Å². The van der Waals surface area contributed by atoms with E-state index in [-0.39, 0.29) is 29.7 Å². The first-order valence-corrected chi connectivity index (χ1v) is 11.6. The molecule has 1 fully saturated rings. The summed E-state index contributed by atoms with van der Waals surface area (Å²) in [6, 6.07) is 10.9. The number of hydrogen-bond acceptors (Lipinski definition) is 5. The quantitative estimate of drug-likeness (QED) is 0.470. The molecule has 1 aliphatic heterocycles. The van der Waals surface area contributed by atoms with Crippen molar-refractivity contribution in [3.8, 4) is 0 Å². The number of carbonyl (C=O) groups is 1. The van der Waals surface area contributed by atoms with Crippen molar-refractivity contribution in [1.29, 1.82) is 0 Å². The lowest BCUT2D eigenvalue weighted by Crippen LogP contribution is -2.34. The lowest BCUT2D eigenvalue weighted by Gasteiger charge is -2.18. The van der Waals surface area contributed by atoms with Crippen LogP contribution in [0, 0.1) is 11.6 Å². The molecule has 0 bridgehead atoms. The van der Waals surface area contributed by atoms with Crippen molar-refractivity contribution in [2.45, 2.75) is 50.7 Å². The van der Waals surface area contributed by atoms with Crippen molar-refractivity contribution in [3.05, 3.63) is 76.3 Å². The number of unbranched alkanes of at least 4 members (excludes halogenated alkanes) is 2. The summed E-state index contributed by atoms with van der Waals surface area (Å²) in [5, 5.41) is 0.160. The normalized spacial score (nSPS) is 17.9. The van der Waals surface area contributed by atoms with Gasteiger partial charge in [-0.05, 0) is 55.2 Å². The second-order valence-electron chi connectivity index (χ2n) is 8.83. The minimum absolute atomic E-state index is 0.106. The average Bonchev–Trinajstić information content (AvgIpc) is 3.30. The van der Waals surface area contributed by atoms with Crippen LogP contribution in [0.4, 0.5) is 8.78 Å². The van der Waals surface area contributed by atoms with Gasteiger partial charge in [0.05, 0.1) is 17.2 Å². The fourth-order valence-electron chi connectivity index (χ4n) is 4.31. The number of amides is 1. The Labute approximate surface area is 196 Å². The van der Waals surface area contributed by atoms with E-state index in [4.69, 9.17) is 0 Å². The Hall–Kier alpha value is -3.17. The van der Waals surface area contributed by atoms with Crippen molar-refractivity contribution in [3.63, 3.8) is 0 Å². The van der Waals surface area contributed by atoms with Crippen molar-refractivity contribution < 1.29 is 13.6 Å². The Balaban J connectivity index is 1.18. The summed E-state index contributed by atoms with van der Waals surface area (Å²) in [7, 11) is 1.72. The highest BCUT2D eigenvalue weighted by molar-refractivity contribution is 5.79. The van der Waals surface area contributed by atoms with E-state index >= 15 is 0 Å². The number of fused-ring (bicyclic) bond motifs is 1. The second-order valence-corrected chi connectivity index (χ2v) is 8.83. The van der Waals surface area contributed by atoms with Gasteiger partial charge in [-0.2, -0.15) is 0 Å². The summed E-state index contributed by atoms with van der Waals surface area (Å²) in [4.78, 5) is 30.9. The number of carbonyl (C=O) groups excluding carboxylic acids is 1. The number of halogens is 2. The highest BCUT2D eigenvalue weighted by atomic mass is 19.1. The minimum atomic E-state index is -0.513. The Morgan fingerprint density at radius 2 is 1.94 bits per heavy atom. The molecule has 9 heteroatoms. The largest absolute Gasteiger partial charge is 0.344 e. The molecule has 1 aliphatic rings. The first kappa shape index (κ1) is 24.0. The van der Waals surface area contributed by atoms with Crippen LogP contribution < -0.4 is 16.4 Å². The molecule has 1 amide bonds. The molecular weight excluding hydrogens is 440 g/mol. The van der Waals surface area contributed by atoms with Crippen LogP contribution in [0.15, 0.2) is 53.6 Å². The summed E-state index contributed by atoms with van der Waals surface area (Å²) >= 11 is 0. The van der Waals surface area contributed by atoms with Crippen LogP contribution in [0.25, 0.3) is 10.9 Å². The number of likely N-dealkylation sites (N-methyl/N-ethyl adjacent to an activating group) is 1. The standard InChI is InChI=1S/C25H29F2N5O2/c1-31(24(33)15-32-16-28-22-10-9-19(27)13-21(22)25(32)34)11-4-2-3-8-20-14-23(30-29-20)17-6-5-7-18(26)12-17/h5-7,9-10,12-13,16,20,23,29-30H,2-4,8,11,14-15H2,1H3. The van der Waals surface area contributed by atoms with Gasteiger partial charge in [-0.1, -0.05) is 25.0 Å². The molecule has 0 saturated carbocycles. The second kappa shape index (κ2) is 10.8. The average molecular weight is 470 g/mol.